The maximum Gasteiger partial charge on any atom is 0.337 e. The van der Waals surface area contributed by atoms with E-state index in [9.17, 15) is 9.59 Å². The summed E-state index contributed by atoms with van der Waals surface area (Å²) in [5.74, 6) is -0.613. The van der Waals surface area contributed by atoms with Crippen LogP contribution in [0.15, 0.2) is 53.1 Å². The van der Waals surface area contributed by atoms with E-state index in [2.05, 4.69) is 10.1 Å². The Kier molecular flexibility index (Phi) is 4.53. The van der Waals surface area contributed by atoms with Crippen molar-refractivity contribution in [3.05, 3.63) is 64.9 Å². The SMILES string of the molecule is COC(=O)c1ccc(NC(=O)Cc2coc3ccc(Cl)cc23)cc1. The first kappa shape index (κ1) is 16.1. The van der Waals surface area contributed by atoms with Crippen molar-refractivity contribution in [3.63, 3.8) is 0 Å². The quantitative estimate of drug-likeness (QED) is 0.725. The number of amides is 1. The number of hydrogen-bond acceptors (Lipinski definition) is 4. The second kappa shape index (κ2) is 6.76. The number of hydrogen-bond donors (Lipinski definition) is 1. The van der Waals surface area contributed by atoms with Crippen molar-refractivity contribution >= 4 is 40.1 Å². The fourth-order valence-corrected chi connectivity index (χ4v) is 2.55. The summed E-state index contributed by atoms with van der Waals surface area (Å²) in [6.07, 6.45) is 1.72. The van der Waals surface area contributed by atoms with Crippen molar-refractivity contribution in [2.75, 3.05) is 12.4 Å². The van der Waals surface area contributed by atoms with Crippen LogP contribution >= 0.6 is 11.6 Å². The molecule has 0 aliphatic rings. The molecule has 0 spiro atoms. The Bertz CT molecular complexity index is 899. The number of anilines is 1. The number of fused-ring (bicyclic) bond motifs is 1. The lowest BCUT2D eigenvalue weighted by Gasteiger charge is -2.05. The Morgan fingerprint density at radius 3 is 2.62 bits per heavy atom. The summed E-state index contributed by atoms with van der Waals surface area (Å²) < 4.78 is 10.0. The lowest BCUT2D eigenvalue weighted by molar-refractivity contribution is -0.115. The van der Waals surface area contributed by atoms with Gasteiger partial charge in [0, 0.05) is 21.7 Å². The third-order valence-electron chi connectivity index (χ3n) is 3.56. The third kappa shape index (κ3) is 3.41. The minimum Gasteiger partial charge on any atom is -0.465 e. The van der Waals surface area contributed by atoms with Gasteiger partial charge in [-0.05, 0) is 42.5 Å². The number of benzene rings is 2. The normalized spacial score (nSPS) is 10.6. The number of carbonyl (C=O) groups is 2. The van der Waals surface area contributed by atoms with Crippen LogP contribution in [-0.4, -0.2) is 19.0 Å². The average molecular weight is 344 g/mol. The molecule has 0 bridgehead atoms. The van der Waals surface area contributed by atoms with Gasteiger partial charge in [-0.15, -0.1) is 0 Å². The molecule has 0 saturated carbocycles. The molecule has 0 saturated heterocycles. The first-order chi connectivity index (χ1) is 11.6. The molecule has 0 aliphatic heterocycles. The average Bonchev–Trinajstić information content (AvgIpc) is 2.97. The van der Waals surface area contributed by atoms with E-state index in [1.165, 1.54) is 7.11 Å². The Labute approximate surface area is 143 Å². The number of esters is 1. The van der Waals surface area contributed by atoms with Crippen molar-refractivity contribution in [1.29, 1.82) is 0 Å². The molecule has 122 valence electrons. The monoisotopic (exact) mass is 343 g/mol. The van der Waals surface area contributed by atoms with Crippen LogP contribution in [-0.2, 0) is 16.0 Å². The van der Waals surface area contributed by atoms with E-state index >= 15 is 0 Å². The van der Waals surface area contributed by atoms with Gasteiger partial charge in [-0.3, -0.25) is 4.79 Å². The van der Waals surface area contributed by atoms with Gasteiger partial charge in [0.1, 0.15) is 5.58 Å². The first-order valence-electron chi connectivity index (χ1n) is 7.20. The maximum absolute atomic E-state index is 12.2. The number of ether oxygens (including phenoxy) is 1. The first-order valence-corrected chi connectivity index (χ1v) is 7.58. The highest BCUT2D eigenvalue weighted by Crippen LogP contribution is 2.25. The standard InChI is InChI=1S/C18H14ClNO4/c1-23-18(22)11-2-5-14(6-3-11)20-17(21)8-12-10-24-16-7-4-13(19)9-15(12)16/h2-7,9-10H,8H2,1H3,(H,20,21). The number of carbonyl (C=O) groups excluding carboxylic acids is 2. The van der Waals surface area contributed by atoms with E-state index in [0.717, 1.165) is 10.9 Å². The van der Waals surface area contributed by atoms with Crippen LogP contribution in [0, 0.1) is 0 Å². The highest BCUT2D eigenvalue weighted by molar-refractivity contribution is 6.31. The van der Waals surface area contributed by atoms with Crippen molar-refractivity contribution in [3.8, 4) is 0 Å². The molecule has 1 N–H and O–H groups in total. The smallest absolute Gasteiger partial charge is 0.337 e. The molecule has 0 unspecified atom stereocenters. The van der Waals surface area contributed by atoms with Gasteiger partial charge < -0.3 is 14.5 Å². The second-order valence-electron chi connectivity index (χ2n) is 5.20. The Morgan fingerprint density at radius 2 is 1.92 bits per heavy atom. The van der Waals surface area contributed by atoms with E-state index in [-0.39, 0.29) is 12.3 Å². The van der Waals surface area contributed by atoms with Gasteiger partial charge in [-0.1, -0.05) is 11.6 Å². The third-order valence-corrected chi connectivity index (χ3v) is 3.79. The Balaban J connectivity index is 1.71. The number of nitrogens with one attached hydrogen (secondary N) is 1. The zero-order valence-corrected chi connectivity index (χ0v) is 13.6. The molecule has 2 aromatic carbocycles. The van der Waals surface area contributed by atoms with Crippen LogP contribution in [0.25, 0.3) is 11.0 Å². The summed E-state index contributed by atoms with van der Waals surface area (Å²) in [5.41, 5.74) is 2.46. The molecule has 3 aromatic rings. The molecular formula is C18H14ClNO4. The van der Waals surface area contributed by atoms with Crippen molar-refractivity contribution in [2.45, 2.75) is 6.42 Å². The zero-order valence-electron chi connectivity index (χ0n) is 12.8. The molecule has 0 fully saturated rings. The zero-order chi connectivity index (χ0) is 17.1. The van der Waals surface area contributed by atoms with Crippen molar-refractivity contribution in [2.24, 2.45) is 0 Å². The summed E-state index contributed by atoms with van der Waals surface area (Å²) in [6, 6.07) is 11.8. The predicted octanol–water partition coefficient (Wildman–Crippen LogP) is 4.05. The lowest BCUT2D eigenvalue weighted by Crippen LogP contribution is -2.14. The number of methoxy groups -OCH3 is 1. The van der Waals surface area contributed by atoms with E-state index in [0.29, 0.717) is 21.9 Å². The van der Waals surface area contributed by atoms with Crippen LogP contribution in [0.2, 0.25) is 5.02 Å². The molecule has 1 amide bonds. The molecule has 5 nitrogen and oxygen atoms in total. The molecule has 0 atom stereocenters. The largest absolute Gasteiger partial charge is 0.465 e. The highest BCUT2D eigenvalue weighted by Gasteiger charge is 2.12. The van der Waals surface area contributed by atoms with Crippen molar-refractivity contribution in [1.82, 2.24) is 0 Å². The van der Waals surface area contributed by atoms with Crippen LogP contribution in [0.4, 0.5) is 5.69 Å². The van der Waals surface area contributed by atoms with Gasteiger partial charge in [-0.2, -0.15) is 0 Å². The Hall–Kier alpha value is -2.79. The van der Waals surface area contributed by atoms with Crippen LogP contribution in [0.5, 0.6) is 0 Å². The molecule has 1 heterocycles. The maximum atomic E-state index is 12.2. The summed E-state index contributed by atoms with van der Waals surface area (Å²) >= 11 is 5.99. The molecule has 3 rings (SSSR count). The topological polar surface area (TPSA) is 68.5 Å². The lowest BCUT2D eigenvalue weighted by atomic mass is 10.1. The number of halogens is 1. The van der Waals surface area contributed by atoms with E-state index in [4.69, 9.17) is 16.0 Å². The van der Waals surface area contributed by atoms with Gasteiger partial charge in [-0.25, -0.2) is 4.79 Å². The fourth-order valence-electron chi connectivity index (χ4n) is 2.38. The molecule has 6 heteroatoms. The van der Waals surface area contributed by atoms with Gasteiger partial charge in [0.2, 0.25) is 5.91 Å². The second-order valence-corrected chi connectivity index (χ2v) is 5.63. The molecule has 0 radical (unpaired) electrons. The summed E-state index contributed by atoms with van der Waals surface area (Å²) in [6.45, 7) is 0. The highest BCUT2D eigenvalue weighted by atomic mass is 35.5. The summed E-state index contributed by atoms with van der Waals surface area (Å²) in [4.78, 5) is 23.6. The van der Waals surface area contributed by atoms with Crippen molar-refractivity contribution < 1.29 is 18.7 Å². The summed E-state index contributed by atoms with van der Waals surface area (Å²) in [7, 11) is 1.32. The number of furan rings is 1. The minimum absolute atomic E-state index is 0.159. The molecule has 0 aliphatic carbocycles. The van der Waals surface area contributed by atoms with E-state index in [1.807, 2.05) is 0 Å². The fraction of sp³-hybridized carbons (Fsp3) is 0.111. The number of rotatable bonds is 4. The van der Waals surface area contributed by atoms with Gasteiger partial charge >= 0.3 is 5.97 Å². The minimum atomic E-state index is -0.422. The van der Waals surface area contributed by atoms with Crippen LogP contribution in [0.3, 0.4) is 0 Å². The predicted molar refractivity (Wildman–Crippen MR) is 91.3 cm³/mol. The Morgan fingerprint density at radius 1 is 1.17 bits per heavy atom. The van der Waals surface area contributed by atoms with Gasteiger partial charge in [0.05, 0.1) is 25.4 Å². The van der Waals surface area contributed by atoms with Crippen LogP contribution in [0.1, 0.15) is 15.9 Å². The van der Waals surface area contributed by atoms with E-state index in [1.54, 1.807) is 48.7 Å². The molecule has 1 aromatic heterocycles. The molecule has 24 heavy (non-hydrogen) atoms. The van der Waals surface area contributed by atoms with Gasteiger partial charge in [0.25, 0.3) is 0 Å². The van der Waals surface area contributed by atoms with Gasteiger partial charge in [0.15, 0.2) is 0 Å². The summed E-state index contributed by atoms with van der Waals surface area (Å²) in [5, 5.41) is 4.18. The van der Waals surface area contributed by atoms with E-state index < -0.39 is 5.97 Å². The van der Waals surface area contributed by atoms with Crippen LogP contribution < -0.4 is 5.32 Å². The molecular weight excluding hydrogens is 330 g/mol.